The van der Waals surface area contributed by atoms with Gasteiger partial charge in [0.15, 0.2) is 11.6 Å². The smallest absolute Gasteiger partial charge is 0.247 e. The maximum atomic E-state index is 14.7. The fraction of sp³-hybridized carbons (Fsp3) is 0.167. The highest BCUT2D eigenvalue weighted by atomic mass is 19.1. The molecular weight excluding hydrogens is 425 g/mol. The van der Waals surface area contributed by atoms with E-state index < -0.39 is 5.82 Å². The van der Waals surface area contributed by atoms with Crippen molar-refractivity contribution in [2.45, 2.75) is 6.42 Å². The van der Waals surface area contributed by atoms with Gasteiger partial charge in [0.1, 0.15) is 18.2 Å². The lowest BCUT2D eigenvalue weighted by Crippen LogP contribution is -2.09. The maximum absolute atomic E-state index is 14.7. The molecule has 0 radical (unpaired) electrons. The lowest BCUT2D eigenvalue weighted by Gasteiger charge is -2.09. The van der Waals surface area contributed by atoms with Crippen molar-refractivity contribution in [1.82, 2.24) is 19.7 Å². The summed E-state index contributed by atoms with van der Waals surface area (Å²) in [6.07, 6.45) is 4.28. The van der Waals surface area contributed by atoms with Crippen LogP contribution in [0.3, 0.4) is 0 Å². The Labute approximate surface area is 189 Å². The normalized spacial score (nSPS) is 10.8. The van der Waals surface area contributed by atoms with Crippen LogP contribution in [0.15, 0.2) is 67.5 Å². The number of halogens is 1. The Hall–Kier alpha value is -4.11. The number of aromatic nitrogens is 4. The number of amides is 1. The highest BCUT2D eigenvalue weighted by Crippen LogP contribution is 2.26. The SMILES string of the molecule is C=CC(=O)Nc1cccc2c1cnn2-c1nc(Cc2ccc(OCCOC)cc2)ncc1F. The van der Waals surface area contributed by atoms with E-state index in [-0.39, 0.29) is 11.7 Å². The molecule has 4 aromatic rings. The summed E-state index contributed by atoms with van der Waals surface area (Å²) in [6, 6.07) is 12.8. The second-order valence-electron chi connectivity index (χ2n) is 7.11. The summed E-state index contributed by atoms with van der Waals surface area (Å²) in [4.78, 5) is 20.3. The third-order valence-corrected chi connectivity index (χ3v) is 4.87. The maximum Gasteiger partial charge on any atom is 0.247 e. The molecule has 2 heterocycles. The second-order valence-corrected chi connectivity index (χ2v) is 7.11. The van der Waals surface area contributed by atoms with E-state index in [2.05, 4.69) is 27.0 Å². The van der Waals surface area contributed by atoms with Crippen molar-refractivity contribution >= 4 is 22.5 Å². The van der Waals surface area contributed by atoms with E-state index in [1.165, 1.54) is 10.8 Å². The first-order valence-electron chi connectivity index (χ1n) is 10.2. The zero-order valence-corrected chi connectivity index (χ0v) is 18.0. The summed E-state index contributed by atoms with van der Waals surface area (Å²) >= 11 is 0. The van der Waals surface area contributed by atoms with E-state index in [1.807, 2.05) is 24.3 Å². The largest absolute Gasteiger partial charge is 0.491 e. The first-order chi connectivity index (χ1) is 16.1. The summed E-state index contributed by atoms with van der Waals surface area (Å²) < 4.78 is 26.6. The Bertz CT molecular complexity index is 1290. The van der Waals surface area contributed by atoms with Gasteiger partial charge in [-0.25, -0.2) is 19.0 Å². The number of nitrogens with zero attached hydrogens (tertiary/aromatic N) is 4. The van der Waals surface area contributed by atoms with Crippen molar-refractivity contribution in [3.63, 3.8) is 0 Å². The van der Waals surface area contributed by atoms with Gasteiger partial charge in [0.2, 0.25) is 5.91 Å². The van der Waals surface area contributed by atoms with Crippen LogP contribution in [0.4, 0.5) is 10.1 Å². The number of nitrogens with one attached hydrogen (secondary N) is 1. The molecule has 0 saturated heterocycles. The van der Waals surface area contributed by atoms with Crippen LogP contribution in [0.2, 0.25) is 0 Å². The zero-order valence-electron chi connectivity index (χ0n) is 18.0. The Kier molecular flexibility index (Phi) is 6.70. The molecule has 0 spiro atoms. The van der Waals surface area contributed by atoms with E-state index in [0.717, 1.165) is 17.5 Å². The minimum atomic E-state index is -0.605. The number of rotatable bonds is 9. The third-order valence-electron chi connectivity index (χ3n) is 4.87. The molecule has 0 aliphatic rings. The fourth-order valence-corrected chi connectivity index (χ4v) is 3.27. The standard InChI is InChI=1S/C24H22FN5O3/c1-3-23(31)28-20-5-4-6-21-18(20)14-27-30(21)24-19(25)15-26-22(29-24)13-16-7-9-17(10-8-16)33-12-11-32-2/h3-10,14-15H,1,11-13H2,2H3,(H,28,31). The van der Waals surface area contributed by atoms with Gasteiger partial charge < -0.3 is 14.8 Å². The van der Waals surface area contributed by atoms with Gasteiger partial charge in [-0.15, -0.1) is 0 Å². The minimum Gasteiger partial charge on any atom is -0.491 e. The summed E-state index contributed by atoms with van der Waals surface area (Å²) in [6.45, 7) is 4.44. The first-order valence-corrected chi connectivity index (χ1v) is 10.2. The highest BCUT2D eigenvalue weighted by Gasteiger charge is 2.15. The van der Waals surface area contributed by atoms with E-state index in [9.17, 15) is 9.18 Å². The molecule has 0 saturated carbocycles. The number of hydrogen-bond donors (Lipinski definition) is 1. The van der Waals surface area contributed by atoms with Gasteiger partial charge in [-0.3, -0.25) is 4.79 Å². The number of ether oxygens (including phenoxy) is 2. The molecule has 33 heavy (non-hydrogen) atoms. The van der Waals surface area contributed by atoms with Crippen LogP contribution >= 0.6 is 0 Å². The quantitative estimate of drug-likeness (QED) is 0.311. The molecule has 0 unspecified atom stereocenters. The van der Waals surface area contributed by atoms with Gasteiger partial charge in [-0.1, -0.05) is 24.8 Å². The molecule has 1 N–H and O–H groups in total. The van der Waals surface area contributed by atoms with Crippen molar-refractivity contribution in [2.24, 2.45) is 0 Å². The number of hydrogen-bond acceptors (Lipinski definition) is 6. The van der Waals surface area contributed by atoms with Gasteiger partial charge in [-0.05, 0) is 35.9 Å². The predicted molar refractivity (Wildman–Crippen MR) is 122 cm³/mol. The van der Waals surface area contributed by atoms with Crippen LogP contribution in [0.5, 0.6) is 5.75 Å². The van der Waals surface area contributed by atoms with Gasteiger partial charge in [0.05, 0.1) is 30.2 Å². The molecule has 9 heteroatoms. The van der Waals surface area contributed by atoms with Gasteiger partial charge in [0, 0.05) is 18.9 Å². The van der Waals surface area contributed by atoms with E-state index in [0.29, 0.717) is 42.0 Å². The second kappa shape index (κ2) is 10.0. The number of carbonyl (C=O) groups is 1. The molecule has 0 aliphatic carbocycles. The lowest BCUT2D eigenvalue weighted by atomic mass is 10.1. The first kappa shape index (κ1) is 22.1. The Balaban J connectivity index is 1.59. The number of fused-ring (bicyclic) bond motifs is 1. The van der Waals surface area contributed by atoms with Gasteiger partial charge in [0.25, 0.3) is 0 Å². The monoisotopic (exact) mass is 447 g/mol. The number of anilines is 1. The van der Waals surface area contributed by atoms with Crippen LogP contribution in [-0.4, -0.2) is 46.0 Å². The van der Waals surface area contributed by atoms with Crippen molar-refractivity contribution in [2.75, 3.05) is 25.6 Å². The molecule has 0 aliphatic heterocycles. The van der Waals surface area contributed by atoms with E-state index >= 15 is 0 Å². The topological polar surface area (TPSA) is 91.2 Å². The van der Waals surface area contributed by atoms with Crippen LogP contribution in [0, 0.1) is 5.82 Å². The molecule has 2 aromatic heterocycles. The third kappa shape index (κ3) is 5.04. The number of benzene rings is 2. The lowest BCUT2D eigenvalue weighted by molar-refractivity contribution is -0.111. The van der Waals surface area contributed by atoms with Crippen LogP contribution in [0.25, 0.3) is 16.7 Å². The molecule has 4 rings (SSSR count). The Morgan fingerprint density at radius 2 is 2.00 bits per heavy atom. The highest BCUT2D eigenvalue weighted by molar-refractivity contribution is 6.05. The number of carbonyl (C=O) groups excluding carboxylic acids is 1. The van der Waals surface area contributed by atoms with Crippen molar-refractivity contribution < 1.29 is 18.7 Å². The molecular formula is C24H22FN5O3. The van der Waals surface area contributed by atoms with Crippen molar-refractivity contribution in [3.8, 4) is 11.6 Å². The molecule has 1 amide bonds. The summed E-state index contributed by atoms with van der Waals surface area (Å²) in [5.74, 6) is 0.256. The van der Waals surface area contributed by atoms with Crippen molar-refractivity contribution in [3.05, 3.63) is 84.7 Å². The molecule has 8 nitrogen and oxygen atoms in total. The van der Waals surface area contributed by atoms with E-state index in [1.54, 1.807) is 31.5 Å². The van der Waals surface area contributed by atoms with Crippen LogP contribution in [-0.2, 0) is 16.0 Å². The summed E-state index contributed by atoms with van der Waals surface area (Å²) in [7, 11) is 1.62. The Morgan fingerprint density at radius 3 is 2.76 bits per heavy atom. The van der Waals surface area contributed by atoms with E-state index in [4.69, 9.17) is 9.47 Å². The average molecular weight is 447 g/mol. The van der Waals surface area contributed by atoms with Gasteiger partial charge in [-0.2, -0.15) is 5.10 Å². The molecule has 168 valence electrons. The summed E-state index contributed by atoms with van der Waals surface area (Å²) in [5, 5.41) is 7.67. The predicted octanol–water partition coefficient (Wildman–Crippen LogP) is 3.70. The minimum absolute atomic E-state index is 0.0294. The van der Waals surface area contributed by atoms with Crippen molar-refractivity contribution in [1.29, 1.82) is 0 Å². The van der Waals surface area contributed by atoms with Crippen LogP contribution < -0.4 is 10.1 Å². The zero-order chi connectivity index (χ0) is 23.2. The molecule has 0 atom stereocenters. The van der Waals surface area contributed by atoms with Crippen LogP contribution in [0.1, 0.15) is 11.4 Å². The molecule has 0 bridgehead atoms. The Morgan fingerprint density at radius 1 is 1.18 bits per heavy atom. The fourth-order valence-electron chi connectivity index (χ4n) is 3.27. The van der Waals surface area contributed by atoms with Gasteiger partial charge >= 0.3 is 0 Å². The number of methoxy groups -OCH3 is 1. The molecule has 0 fully saturated rings. The summed E-state index contributed by atoms with van der Waals surface area (Å²) in [5.41, 5.74) is 2.09. The average Bonchev–Trinajstić information content (AvgIpc) is 3.26. The molecule has 2 aromatic carbocycles.